The Morgan fingerprint density at radius 2 is 2.04 bits per heavy atom. The summed E-state index contributed by atoms with van der Waals surface area (Å²) in [4.78, 5) is 26.9. The van der Waals surface area contributed by atoms with Gasteiger partial charge in [-0.15, -0.1) is 0 Å². The first-order valence-electron chi connectivity index (χ1n) is 9.73. The largest absolute Gasteiger partial charge is 0.463 e. The maximum absolute atomic E-state index is 12.6. The maximum Gasteiger partial charge on any atom is 0.291 e. The summed E-state index contributed by atoms with van der Waals surface area (Å²) in [6.07, 6.45) is 5.07. The minimum absolute atomic E-state index is 0.0105. The van der Waals surface area contributed by atoms with Gasteiger partial charge in [-0.25, -0.2) is 4.68 Å². The summed E-state index contributed by atoms with van der Waals surface area (Å²) in [6.45, 7) is 5.57. The molecule has 3 aromatic rings. The van der Waals surface area contributed by atoms with Gasteiger partial charge < -0.3 is 14.5 Å². The van der Waals surface area contributed by atoms with Crippen LogP contribution in [0, 0.1) is 0 Å². The van der Waals surface area contributed by atoms with Crippen molar-refractivity contribution in [2.24, 2.45) is 0 Å². The highest BCUT2D eigenvalue weighted by molar-refractivity contribution is 5.81. The number of hydrogen-bond donors (Lipinski definition) is 1. The van der Waals surface area contributed by atoms with Crippen molar-refractivity contribution in [1.29, 1.82) is 0 Å². The van der Waals surface area contributed by atoms with Crippen molar-refractivity contribution in [3.8, 4) is 0 Å². The summed E-state index contributed by atoms with van der Waals surface area (Å²) in [5.41, 5.74) is 1.83. The van der Waals surface area contributed by atoms with Crippen LogP contribution in [0.4, 0.5) is 0 Å². The second-order valence-corrected chi connectivity index (χ2v) is 6.99. The van der Waals surface area contributed by atoms with Crippen molar-refractivity contribution >= 4 is 22.5 Å². The van der Waals surface area contributed by atoms with Crippen LogP contribution >= 0.6 is 0 Å². The molecular weight excluding hydrogens is 362 g/mol. The first-order chi connectivity index (χ1) is 13.7. The number of aromatic nitrogens is 3. The quantitative estimate of drug-likeness (QED) is 0.576. The standard InChI is InChI=1S/C19H25N5O4/c25-18(20-5-2-6-22-8-11-27-12-9-22)3-1-7-24-19(26)16-13-17-15(4-10-28-17)23(16)14-21-24/h4,10,13-14H,1-3,5-9,11-12H2,(H,20,25). The third-order valence-electron chi connectivity index (χ3n) is 5.07. The SMILES string of the molecule is O=C(CCCn1ncn2c(cc3occc32)c1=O)NCCCN1CCOCC1. The fourth-order valence-electron chi connectivity index (χ4n) is 3.52. The van der Waals surface area contributed by atoms with Gasteiger partial charge in [0.05, 0.1) is 25.0 Å². The maximum atomic E-state index is 12.6. The molecule has 3 aromatic heterocycles. The predicted octanol–water partition coefficient (Wildman–Crippen LogP) is 0.861. The van der Waals surface area contributed by atoms with E-state index < -0.39 is 0 Å². The first kappa shape index (κ1) is 18.7. The lowest BCUT2D eigenvalue weighted by Crippen LogP contribution is -2.38. The number of morpholine rings is 1. The molecule has 0 unspecified atom stereocenters. The van der Waals surface area contributed by atoms with E-state index in [9.17, 15) is 9.59 Å². The Kier molecular flexibility index (Phi) is 5.73. The molecule has 1 fully saturated rings. The predicted molar refractivity (Wildman–Crippen MR) is 103 cm³/mol. The fourth-order valence-corrected chi connectivity index (χ4v) is 3.52. The van der Waals surface area contributed by atoms with Crippen LogP contribution in [0.3, 0.4) is 0 Å². The molecule has 1 N–H and O–H groups in total. The summed E-state index contributed by atoms with van der Waals surface area (Å²) < 4.78 is 13.8. The van der Waals surface area contributed by atoms with Gasteiger partial charge in [0, 0.05) is 44.7 Å². The average molecular weight is 387 g/mol. The third-order valence-corrected chi connectivity index (χ3v) is 5.07. The Hall–Kier alpha value is -2.65. The van der Waals surface area contributed by atoms with Crippen molar-refractivity contribution < 1.29 is 13.9 Å². The van der Waals surface area contributed by atoms with Crippen LogP contribution in [0.5, 0.6) is 0 Å². The van der Waals surface area contributed by atoms with E-state index in [1.807, 2.05) is 0 Å². The van der Waals surface area contributed by atoms with Crippen LogP contribution in [0.25, 0.3) is 16.6 Å². The Morgan fingerprint density at radius 1 is 1.18 bits per heavy atom. The average Bonchev–Trinajstić information content (AvgIpc) is 3.30. The molecule has 0 aliphatic carbocycles. The van der Waals surface area contributed by atoms with E-state index in [4.69, 9.17) is 9.15 Å². The van der Waals surface area contributed by atoms with Crippen molar-refractivity contribution in [3.63, 3.8) is 0 Å². The molecule has 28 heavy (non-hydrogen) atoms. The number of ether oxygens (including phenoxy) is 1. The van der Waals surface area contributed by atoms with Crippen LogP contribution in [0.2, 0.25) is 0 Å². The molecule has 0 bridgehead atoms. The molecule has 1 aliphatic rings. The third kappa shape index (κ3) is 4.10. The van der Waals surface area contributed by atoms with Crippen LogP contribution in [0.1, 0.15) is 19.3 Å². The van der Waals surface area contributed by atoms with Crippen LogP contribution in [-0.2, 0) is 16.1 Å². The molecule has 0 radical (unpaired) electrons. The zero-order chi connectivity index (χ0) is 19.3. The van der Waals surface area contributed by atoms with Crippen molar-refractivity contribution in [2.45, 2.75) is 25.8 Å². The van der Waals surface area contributed by atoms with Gasteiger partial charge in [0.1, 0.15) is 11.8 Å². The zero-order valence-electron chi connectivity index (χ0n) is 15.8. The molecule has 9 heteroatoms. The highest BCUT2D eigenvalue weighted by Gasteiger charge is 2.12. The molecule has 1 amide bonds. The molecule has 0 aromatic carbocycles. The minimum Gasteiger partial charge on any atom is -0.463 e. The molecule has 0 spiro atoms. The van der Waals surface area contributed by atoms with Gasteiger partial charge in [0.15, 0.2) is 5.58 Å². The Balaban J connectivity index is 1.21. The van der Waals surface area contributed by atoms with E-state index in [0.29, 0.717) is 37.0 Å². The molecule has 4 heterocycles. The van der Waals surface area contributed by atoms with E-state index in [-0.39, 0.29) is 11.5 Å². The molecule has 150 valence electrons. The van der Waals surface area contributed by atoms with Crippen LogP contribution < -0.4 is 10.9 Å². The zero-order valence-corrected chi connectivity index (χ0v) is 15.8. The number of aryl methyl sites for hydroxylation is 1. The summed E-state index contributed by atoms with van der Waals surface area (Å²) in [5.74, 6) is 0.0105. The first-order valence-corrected chi connectivity index (χ1v) is 9.73. The summed E-state index contributed by atoms with van der Waals surface area (Å²) in [5, 5.41) is 7.16. The van der Waals surface area contributed by atoms with Gasteiger partial charge in [-0.05, 0) is 19.4 Å². The molecule has 1 aliphatic heterocycles. The number of hydrogen-bond acceptors (Lipinski definition) is 6. The van der Waals surface area contributed by atoms with Crippen molar-refractivity contribution in [2.75, 3.05) is 39.4 Å². The molecule has 4 rings (SSSR count). The molecule has 0 atom stereocenters. The smallest absolute Gasteiger partial charge is 0.291 e. The minimum atomic E-state index is -0.181. The van der Waals surface area contributed by atoms with Crippen LogP contribution in [0.15, 0.2) is 33.9 Å². The van der Waals surface area contributed by atoms with Gasteiger partial charge in [0.2, 0.25) is 5.91 Å². The van der Waals surface area contributed by atoms with Gasteiger partial charge in [-0.2, -0.15) is 5.10 Å². The van der Waals surface area contributed by atoms with E-state index in [1.54, 1.807) is 29.1 Å². The number of carbonyl (C=O) groups excluding carboxylic acids is 1. The number of amides is 1. The van der Waals surface area contributed by atoms with E-state index >= 15 is 0 Å². The molecular formula is C19H25N5O4. The Bertz CT molecular complexity index is 999. The summed E-state index contributed by atoms with van der Waals surface area (Å²) in [7, 11) is 0. The molecule has 1 saturated heterocycles. The lowest BCUT2D eigenvalue weighted by atomic mass is 10.3. The Labute approximate surface area is 161 Å². The highest BCUT2D eigenvalue weighted by atomic mass is 16.5. The molecule has 9 nitrogen and oxygen atoms in total. The lowest BCUT2D eigenvalue weighted by molar-refractivity contribution is -0.121. The fraction of sp³-hybridized carbons (Fsp3) is 0.526. The van der Waals surface area contributed by atoms with Gasteiger partial charge in [-0.3, -0.25) is 18.9 Å². The van der Waals surface area contributed by atoms with Gasteiger partial charge in [-0.1, -0.05) is 0 Å². The van der Waals surface area contributed by atoms with Gasteiger partial charge >= 0.3 is 0 Å². The highest BCUT2D eigenvalue weighted by Crippen LogP contribution is 2.18. The van der Waals surface area contributed by atoms with E-state index in [2.05, 4.69) is 15.3 Å². The number of carbonyl (C=O) groups is 1. The second kappa shape index (κ2) is 8.57. The van der Waals surface area contributed by atoms with Crippen molar-refractivity contribution in [3.05, 3.63) is 35.1 Å². The second-order valence-electron chi connectivity index (χ2n) is 6.99. The normalized spacial score (nSPS) is 15.4. The topological polar surface area (TPSA) is 94.0 Å². The van der Waals surface area contributed by atoms with Gasteiger partial charge in [0.25, 0.3) is 5.56 Å². The number of fused-ring (bicyclic) bond motifs is 3. The van der Waals surface area contributed by atoms with Crippen molar-refractivity contribution in [1.82, 2.24) is 24.4 Å². The van der Waals surface area contributed by atoms with E-state index in [1.165, 1.54) is 4.68 Å². The van der Waals surface area contributed by atoms with Crippen LogP contribution in [-0.4, -0.2) is 64.4 Å². The summed E-state index contributed by atoms with van der Waals surface area (Å²) in [6, 6.07) is 3.52. The number of furan rings is 1. The number of nitrogens with zero attached hydrogens (tertiary/aromatic N) is 4. The van der Waals surface area contributed by atoms with E-state index in [0.717, 1.165) is 44.8 Å². The molecule has 0 saturated carbocycles. The lowest BCUT2D eigenvalue weighted by Gasteiger charge is -2.26. The Morgan fingerprint density at radius 3 is 2.89 bits per heavy atom. The monoisotopic (exact) mass is 387 g/mol. The summed E-state index contributed by atoms with van der Waals surface area (Å²) >= 11 is 0. The number of nitrogens with one attached hydrogen (secondary N) is 1. The number of rotatable bonds is 8.